The largest absolute Gasteiger partial charge is 1.00 e. The summed E-state index contributed by atoms with van der Waals surface area (Å²) in [5, 5.41) is 21.6. The minimum absolute atomic E-state index is 0. The smallest absolute Gasteiger partial charge is 0.549 e. The Morgan fingerprint density at radius 3 is 2.20 bits per heavy atom. The van der Waals surface area contributed by atoms with Crippen LogP contribution in [0.2, 0.25) is 0 Å². The van der Waals surface area contributed by atoms with Crippen molar-refractivity contribution >= 4 is 11.9 Å². The Morgan fingerprint density at radius 1 is 1.20 bits per heavy atom. The van der Waals surface area contributed by atoms with Crippen molar-refractivity contribution in [3.05, 3.63) is 35.6 Å². The molecular formula is C12H10FNNa2O4. The van der Waals surface area contributed by atoms with Crippen LogP contribution < -0.4 is 69.3 Å². The van der Waals surface area contributed by atoms with E-state index in [0.717, 1.165) is 0 Å². The zero-order valence-electron chi connectivity index (χ0n) is 11.4. The molecule has 20 heavy (non-hydrogen) atoms. The number of carbonyl (C=O) groups excluding carboxylic acids is 2. The molecule has 0 unspecified atom stereocenters. The minimum atomic E-state index is -1.94. The Balaban J connectivity index is 0.00000180. The summed E-state index contributed by atoms with van der Waals surface area (Å²) >= 11 is 0. The van der Waals surface area contributed by atoms with Gasteiger partial charge in [0.2, 0.25) is 0 Å². The predicted molar refractivity (Wildman–Crippen MR) is 54.1 cm³/mol. The van der Waals surface area contributed by atoms with Gasteiger partial charge in [0, 0.05) is 19.6 Å². The number of rotatable bonds is 4. The fourth-order valence-corrected chi connectivity index (χ4v) is 2.06. The first-order valence-corrected chi connectivity index (χ1v) is 5.34. The molecule has 0 aromatic heterocycles. The second kappa shape index (κ2) is 7.89. The van der Waals surface area contributed by atoms with E-state index in [1.165, 1.54) is 18.2 Å². The zero-order chi connectivity index (χ0) is 13.3. The van der Waals surface area contributed by atoms with Crippen molar-refractivity contribution in [1.29, 1.82) is 0 Å². The number of carboxylic acid groups (broad SMARTS) is 2. The van der Waals surface area contributed by atoms with Crippen molar-refractivity contribution < 1.29 is 83.3 Å². The van der Waals surface area contributed by atoms with Gasteiger partial charge in [-0.05, 0) is 17.7 Å². The van der Waals surface area contributed by atoms with Crippen LogP contribution in [-0.4, -0.2) is 29.9 Å². The van der Waals surface area contributed by atoms with E-state index < -0.39 is 17.4 Å². The van der Waals surface area contributed by atoms with E-state index >= 15 is 0 Å². The van der Waals surface area contributed by atoms with Crippen molar-refractivity contribution in [2.75, 3.05) is 13.1 Å². The summed E-state index contributed by atoms with van der Waals surface area (Å²) in [7, 11) is 0. The summed E-state index contributed by atoms with van der Waals surface area (Å²) in [6.45, 7) is -0.0809. The third kappa shape index (κ3) is 4.04. The number of carbonyl (C=O) groups is 2. The molecule has 0 aliphatic carbocycles. The number of likely N-dealkylation sites (tertiary alicyclic amines) is 1. The molecule has 1 saturated heterocycles. The van der Waals surface area contributed by atoms with Crippen LogP contribution in [0.1, 0.15) is 5.56 Å². The standard InChI is InChI=1S/C12H12FNO4.2Na/c13-9-3-1-2-8(4-9)5-14-6-12(7-14,10(15)16)11(17)18;;/h1-4H,5-7H2,(H,15,16)(H,17,18);;/q;2*+1/p-2. The van der Waals surface area contributed by atoms with Crippen molar-refractivity contribution in [3.8, 4) is 0 Å². The van der Waals surface area contributed by atoms with Crippen LogP contribution in [0.4, 0.5) is 4.39 Å². The Bertz CT molecular complexity index is 490. The minimum Gasteiger partial charge on any atom is -0.549 e. The van der Waals surface area contributed by atoms with E-state index in [2.05, 4.69) is 0 Å². The molecule has 0 spiro atoms. The molecule has 0 amide bonds. The Morgan fingerprint density at radius 2 is 1.75 bits per heavy atom. The van der Waals surface area contributed by atoms with E-state index in [1.807, 2.05) is 0 Å². The van der Waals surface area contributed by atoms with Gasteiger partial charge in [-0.3, -0.25) is 4.90 Å². The van der Waals surface area contributed by atoms with Crippen LogP contribution in [-0.2, 0) is 16.1 Å². The van der Waals surface area contributed by atoms with Gasteiger partial charge in [-0.2, -0.15) is 0 Å². The fraction of sp³-hybridized carbons (Fsp3) is 0.333. The summed E-state index contributed by atoms with van der Waals surface area (Å²) in [5.41, 5.74) is -1.28. The predicted octanol–water partition coefficient (Wildman–Crippen LogP) is -7.86. The summed E-state index contributed by atoms with van der Waals surface area (Å²) < 4.78 is 12.9. The van der Waals surface area contributed by atoms with E-state index in [4.69, 9.17) is 0 Å². The summed E-state index contributed by atoms with van der Waals surface area (Å²) in [4.78, 5) is 23.1. The van der Waals surface area contributed by atoms with Crippen molar-refractivity contribution in [1.82, 2.24) is 4.90 Å². The molecule has 1 aliphatic heterocycles. The summed E-state index contributed by atoms with van der Waals surface area (Å²) in [6.07, 6.45) is 0. The number of nitrogens with zero attached hydrogens (tertiary/aromatic N) is 1. The quantitative estimate of drug-likeness (QED) is 0.407. The van der Waals surface area contributed by atoms with Gasteiger partial charge in [-0.25, -0.2) is 4.39 Å². The maximum absolute atomic E-state index is 12.9. The average Bonchev–Trinajstić information content (AvgIpc) is 2.21. The van der Waals surface area contributed by atoms with Crippen LogP contribution in [0, 0.1) is 11.2 Å². The van der Waals surface area contributed by atoms with Crippen molar-refractivity contribution in [3.63, 3.8) is 0 Å². The monoisotopic (exact) mass is 297 g/mol. The van der Waals surface area contributed by atoms with Gasteiger partial charge >= 0.3 is 59.1 Å². The molecule has 1 aliphatic rings. The first kappa shape index (κ1) is 20.1. The van der Waals surface area contributed by atoms with E-state index in [1.54, 1.807) is 11.0 Å². The van der Waals surface area contributed by atoms with Gasteiger partial charge < -0.3 is 19.8 Å². The van der Waals surface area contributed by atoms with E-state index in [0.29, 0.717) is 12.1 Å². The maximum Gasteiger partial charge on any atom is 1.00 e. The third-order valence-electron chi connectivity index (χ3n) is 3.06. The van der Waals surface area contributed by atoms with Gasteiger partial charge in [0.1, 0.15) is 5.82 Å². The van der Waals surface area contributed by atoms with Crippen LogP contribution in [0.5, 0.6) is 0 Å². The maximum atomic E-state index is 12.9. The molecule has 8 heteroatoms. The molecule has 1 aromatic rings. The van der Waals surface area contributed by atoms with Gasteiger partial charge in [-0.1, -0.05) is 12.1 Å². The number of carboxylic acids is 2. The second-order valence-electron chi connectivity index (χ2n) is 4.43. The van der Waals surface area contributed by atoms with Gasteiger partial charge in [0.15, 0.2) is 0 Å². The van der Waals surface area contributed by atoms with E-state index in [9.17, 15) is 24.2 Å². The van der Waals surface area contributed by atoms with Crippen molar-refractivity contribution in [2.24, 2.45) is 5.41 Å². The molecule has 0 atom stereocenters. The van der Waals surface area contributed by atoms with Gasteiger partial charge in [-0.15, -0.1) is 0 Å². The average molecular weight is 297 g/mol. The number of hydrogen-bond donors (Lipinski definition) is 0. The number of benzene rings is 1. The van der Waals surface area contributed by atoms with Gasteiger partial charge in [0.05, 0.1) is 17.4 Å². The van der Waals surface area contributed by atoms with Gasteiger partial charge in [0.25, 0.3) is 0 Å². The molecule has 1 heterocycles. The molecule has 0 bridgehead atoms. The fourth-order valence-electron chi connectivity index (χ4n) is 2.06. The molecule has 2 rings (SSSR count). The van der Waals surface area contributed by atoms with Crippen molar-refractivity contribution in [2.45, 2.75) is 6.54 Å². The second-order valence-corrected chi connectivity index (χ2v) is 4.43. The third-order valence-corrected chi connectivity index (χ3v) is 3.06. The Labute approximate surface area is 159 Å². The Hall–Kier alpha value is 0.0500. The summed E-state index contributed by atoms with van der Waals surface area (Å²) in [5.74, 6) is -3.67. The number of hydrogen-bond acceptors (Lipinski definition) is 5. The normalized spacial score (nSPS) is 16.2. The molecule has 0 N–H and O–H groups in total. The molecule has 96 valence electrons. The molecule has 5 nitrogen and oxygen atoms in total. The van der Waals surface area contributed by atoms with Crippen LogP contribution >= 0.6 is 0 Å². The molecule has 1 fully saturated rings. The molecule has 0 saturated carbocycles. The number of aliphatic carboxylic acids is 2. The van der Waals surface area contributed by atoms with E-state index in [-0.39, 0.29) is 78.0 Å². The molecule has 0 radical (unpaired) electrons. The number of halogens is 1. The Kier molecular flexibility index (Phi) is 7.91. The topological polar surface area (TPSA) is 83.5 Å². The first-order chi connectivity index (χ1) is 8.44. The SMILES string of the molecule is O=C([O-])C1(C(=O)[O-])CN(Cc2cccc(F)c2)C1.[Na+].[Na+]. The van der Waals surface area contributed by atoms with Crippen LogP contribution in [0.3, 0.4) is 0 Å². The summed E-state index contributed by atoms with van der Waals surface area (Å²) in [6, 6.07) is 5.83. The first-order valence-electron chi connectivity index (χ1n) is 5.34. The molecular weight excluding hydrogens is 287 g/mol. The van der Waals surface area contributed by atoms with Crippen LogP contribution in [0.25, 0.3) is 0 Å². The zero-order valence-corrected chi connectivity index (χ0v) is 15.4. The van der Waals surface area contributed by atoms with Crippen LogP contribution in [0.15, 0.2) is 24.3 Å². The molecule has 1 aromatic carbocycles.